The molecule has 2 fully saturated rings. The summed E-state index contributed by atoms with van der Waals surface area (Å²) < 4.78 is 14.8. The molecule has 0 spiro atoms. The molecule has 11 nitrogen and oxygen atoms in total. The predicted molar refractivity (Wildman–Crippen MR) is 128 cm³/mol. The van der Waals surface area contributed by atoms with Gasteiger partial charge in [0.05, 0.1) is 49.9 Å². The van der Waals surface area contributed by atoms with Crippen LogP contribution in [0.1, 0.15) is 29.2 Å². The quantitative estimate of drug-likeness (QED) is 0.396. The maximum absolute atomic E-state index is 13.1. The molecule has 0 radical (unpaired) electrons. The van der Waals surface area contributed by atoms with Crippen LogP contribution in [0.5, 0.6) is 0 Å². The lowest BCUT2D eigenvalue weighted by atomic mass is 10.1. The van der Waals surface area contributed by atoms with Gasteiger partial charge in [-0.2, -0.15) is 9.61 Å². The Balaban J connectivity index is 1.45. The summed E-state index contributed by atoms with van der Waals surface area (Å²) in [6.07, 6.45) is 6.67. The number of fused-ring (bicyclic) bond motifs is 2. The van der Waals surface area contributed by atoms with E-state index in [0.717, 1.165) is 36.0 Å². The fourth-order valence-corrected chi connectivity index (χ4v) is 4.87. The van der Waals surface area contributed by atoms with Crippen molar-refractivity contribution in [1.82, 2.24) is 29.5 Å². The molecule has 6 rings (SSSR count). The van der Waals surface area contributed by atoms with E-state index in [1.807, 2.05) is 18.2 Å². The van der Waals surface area contributed by atoms with Crippen LogP contribution in [0.4, 0.5) is 5.82 Å². The average molecular weight is 478 g/mol. The largest absolute Gasteiger partial charge is 0.388 e. The minimum atomic E-state index is -0.737. The minimum absolute atomic E-state index is 0.205. The predicted octanol–water partition coefficient (Wildman–Crippen LogP) is 1.63. The van der Waals surface area contributed by atoms with Crippen LogP contribution in [0.2, 0.25) is 0 Å². The molecule has 0 aromatic carbocycles. The standard InChI is InChI=1S/C24H27N7O4/c1-25-21-8-18(17-10-30(14-4-3-7-34-11-14)22-15(17)5-2-6-26-22)28-23-16(9-27-31(21)23)24(33)29-19-12-35-13-20(19)32/h2,5-6,8-10,14,19-20,25,32H,3-4,7,11-13H2,1H3,(H,29,33)/t14?,19?,20-/m1/s1. The molecule has 182 valence electrons. The molecule has 2 aliphatic heterocycles. The van der Waals surface area contributed by atoms with Gasteiger partial charge in [0, 0.05) is 43.1 Å². The molecule has 2 unspecified atom stereocenters. The molecule has 0 bridgehead atoms. The maximum atomic E-state index is 13.1. The number of carbonyl (C=O) groups is 1. The van der Waals surface area contributed by atoms with E-state index in [0.29, 0.717) is 29.3 Å². The molecular formula is C24H27N7O4. The van der Waals surface area contributed by atoms with Crippen LogP contribution in [0.25, 0.3) is 27.9 Å². The first-order valence-electron chi connectivity index (χ1n) is 11.8. The molecule has 0 aliphatic carbocycles. The van der Waals surface area contributed by atoms with Gasteiger partial charge in [-0.1, -0.05) is 0 Å². The molecule has 35 heavy (non-hydrogen) atoms. The van der Waals surface area contributed by atoms with Crippen LogP contribution in [0.3, 0.4) is 0 Å². The molecular weight excluding hydrogens is 450 g/mol. The highest BCUT2D eigenvalue weighted by molar-refractivity contribution is 6.01. The molecule has 2 saturated heterocycles. The van der Waals surface area contributed by atoms with Gasteiger partial charge in [0.1, 0.15) is 17.0 Å². The number of nitrogens with one attached hydrogen (secondary N) is 2. The van der Waals surface area contributed by atoms with Gasteiger partial charge in [-0.05, 0) is 25.0 Å². The number of rotatable bonds is 5. The highest BCUT2D eigenvalue weighted by atomic mass is 16.5. The first-order valence-corrected chi connectivity index (χ1v) is 11.8. The SMILES string of the molecule is CNc1cc(-c2cn(C3CCCOC3)c3ncccc23)nc2c(C(=O)NC3COC[C@H]3O)cnn12. The number of aromatic nitrogens is 5. The number of carbonyl (C=O) groups excluding carboxylic acids is 1. The summed E-state index contributed by atoms with van der Waals surface area (Å²) in [6, 6.07) is 5.61. The van der Waals surface area contributed by atoms with Crippen LogP contribution in [-0.2, 0) is 9.47 Å². The number of aliphatic hydroxyl groups is 1. The first kappa shape index (κ1) is 22.0. The highest BCUT2D eigenvalue weighted by Crippen LogP contribution is 2.34. The summed E-state index contributed by atoms with van der Waals surface area (Å²) in [6.45, 7) is 1.91. The molecule has 2 aliphatic rings. The van der Waals surface area contributed by atoms with Crippen LogP contribution in [0, 0.1) is 0 Å². The van der Waals surface area contributed by atoms with Crippen molar-refractivity contribution in [3.8, 4) is 11.3 Å². The zero-order chi connectivity index (χ0) is 23.9. The Morgan fingerprint density at radius 2 is 2.14 bits per heavy atom. The number of hydrogen-bond acceptors (Lipinski definition) is 8. The highest BCUT2D eigenvalue weighted by Gasteiger charge is 2.29. The topological polar surface area (TPSA) is 128 Å². The lowest BCUT2D eigenvalue weighted by molar-refractivity contribution is 0.0605. The summed E-state index contributed by atoms with van der Waals surface area (Å²) in [5.41, 5.74) is 3.25. The van der Waals surface area contributed by atoms with Gasteiger partial charge >= 0.3 is 0 Å². The number of hydrogen-bond donors (Lipinski definition) is 3. The van der Waals surface area contributed by atoms with Gasteiger partial charge in [0.2, 0.25) is 0 Å². The van der Waals surface area contributed by atoms with Crippen LogP contribution >= 0.6 is 0 Å². The van der Waals surface area contributed by atoms with Crippen molar-refractivity contribution in [1.29, 1.82) is 0 Å². The van der Waals surface area contributed by atoms with E-state index in [4.69, 9.17) is 14.5 Å². The summed E-state index contributed by atoms with van der Waals surface area (Å²) in [4.78, 5) is 22.6. The van der Waals surface area contributed by atoms with E-state index >= 15 is 0 Å². The second-order valence-electron chi connectivity index (χ2n) is 8.95. The molecule has 0 saturated carbocycles. The molecule has 3 atom stereocenters. The lowest BCUT2D eigenvalue weighted by Gasteiger charge is -2.24. The normalized spacial score (nSPS) is 22.6. The first-order chi connectivity index (χ1) is 17.1. The summed E-state index contributed by atoms with van der Waals surface area (Å²) in [5, 5.41) is 21.4. The van der Waals surface area contributed by atoms with E-state index in [1.165, 1.54) is 6.20 Å². The van der Waals surface area contributed by atoms with Crippen molar-refractivity contribution in [2.45, 2.75) is 31.0 Å². The van der Waals surface area contributed by atoms with Crippen LogP contribution < -0.4 is 10.6 Å². The Hall–Kier alpha value is -3.54. The number of pyridine rings is 1. The van der Waals surface area contributed by atoms with E-state index in [9.17, 15) is 9.90 Å². The Kier molecular flexibility index (Phi) is 5.59. The Labute approximate surface area is 201 Å². The molecule has 4 aromatic rings. The van der Waals surface area contributed by atoms with Gasteiger partial charge in [-0.15, -0.1) is 0 Å². The Bertz CT molecular complexity index is 1390. The number of anilines is 1. The van der Waals surface area contributed by atoms with Crippen molar-refractivity contribution < 1.29 is 19.4 Å². The molecule has 1 amide bonds. The van der Waals surface area contributed by atoms with Gasteiger partial charge in [-0.3, -0.25) is 4.79 Å². The molecule has 4 aromatic heterocycles. The zero-order valence-corrected chi connectivity index (χ0v) is 19.3. The second kappa shape index (κ2) is 8.91. The van der Waals surface area contributed by atoms with Crippen molar-refractivity contribution >= 4 is 28.4 Å². The summed E-state index contributed by atoms with van der Waals surface area (Å²) in [7, 11) is 1.80. The second-order valence-corrected chi connectivity index (χ2v) is 8.95. The van der Waals surface area contributed by atoms with Crippen LogP contribution in [-0.4, -0.2) is 80.8 Å². The fraction of sp³-hybridized carbons (Fsp3) is 0.417. The third kappa shape index (κ3) is 3.81. The van der Waals surface area contributed by atoms with Gasteiger partial charge in [-0.25, -0.2) is 9.97 Å². The Morgan fingerprint density at radius 1 is 1.23 bits per heavy atom. The number of ether oxygens (including phenoxy) is 2. The van der Waals surface area contributed by atoms with E-state index in [-0.39, 0.29) is 25.2 Å². The van der Waals surface area contributed by atoms with Gasteiger partial charge in [0.25, 0.3) is 5.91 Å². The average Bonchev–Trinajstić information content (AvgIpc) is 3.61. The number of amides is 1. The minimum Gasteiger partial charge on any atom is -0.388 e. The monoisotopic (exact) mass is 477 g/mol. The van der Waals surface area contributed by atoms with Crippen molar-refractivity contribution in [3.63, 3.8) is 0 Å². The maximum Gasteiger partial charge on any atom is 0.257 e. The molecule has 11 heteroatoms. The number of nitrogens with zero attached hydrogens (tertiary/aromatic N) is 5. The number of aliphatic hydroxyl groups excluding tert-OH is 1. The zero-order valence-electron chi connectivity index (χ0n) is 19.3. The van der Waals surface area contributed by atoms with Crippen molar-refractivity contribution in [2.75, 3.05) is 38.8 Å². The smallest absolute Gasteiger partial charge is 0.257 e. The van der Waals surface area contributed by atoms with E-state index < -0.39 is 12.1 Å². The van der Waals surface area contributed by atoms with E-state index in [1.54, 1.807) is 17.8 Å². The third-order valence-electron chi connectivity index (χ3n) is 6.73. The lowest BCUT2D eigenvalue weighted by Crippen LogP contribution is -2.42. The Morgan fingerprint density at radius 3 is 2.91 bits per heavy atom. The van der Waals surface area contributed by atoms with Crippen LogP contribution in [0.15, 0.2) is 36.8 Å². The van der Waals surface area contributed by atoms with Crippen molar-refractivity contribution in [2.24, 2.45) is 0 Å². The van der Waals surface area contributed by atoms with Gasteiger partial charge < -0.3 is 29.8 Å². The fourth-order valence-electron chi connectivity index (χ4n) is 4.87. The molecule has 6 heterocycles. The van der Waals surface area contributed by atoms with E-state index in [2.05, 4.69) is 31.5 Å². The third-order valence-corrected chi connectivity index (χ3v) is 6.73. The summed E-state index contributed by atoms with van der Waals surface area (Å²) >= 11 is 0. The van der Waals surface area contributed by atoms with Crippen molar-refractivity contribution in [3.05, 3.63) is 42.4 Å². The summed E-state index contributed by atoms with van der Waals surface area (Å²) in [5.74, 6) is 0.337. The molecule has 3 N–H and O–H groups in total. The van der Waals surface area contributed by atoms with Gasteiger partial charge in [0.15, 0.2) is 5.65 Å².